The SMILES string of the molecule is C=CC[C@H]1C[C@@H](c2ccccc2)CC/C1=N/OOc1ccc([N+](=O)[O-])cc1[N+](=O)[O-]. The monoisotopic (exact) mass is 411 g/mol. The molecule has 1 saturated carbocycles. The third-order valence-corrected chi connectivity index (χ3v) is 5.14. The smallest absolute Gasteiger partial charge is 0.260 e. The first kappa shape index (κ1) is 21.0. The number of nitro groups is 2. The number of nitro benzene ring substituents is 2. The standard InChI is InChI=1S/C21H21N3O6/c1-2-6-17-13-16(15-7-4-3-5-8-15)9-11-19(17)22-30-29-21-12-10-18(23(25)26)14-20(21)24(27)28/h2-5,7-8,10,12,14,16-17H,1,6,9,11,13H2/b22-19-/t16-,17-/m0/s1. The minimum Gasteiger partial charge on any atom is -0.260 e. The number of hydrogen-bond donors (Lipinski definition) is 0. The van der Waals surface area contributed by atoms with E-state index in [0.717, 1.165) is 43.2 Å². The van der Waals surface area contributed by atoms with Crippen LogP contribution in [0.1, 0.15) is 37.2 Å². The number of rotatable bonds is 8. The number of nitrogens with zero attached hydrogens (tertiary/aromatic N) is 3. The van der Waals surface area contributed by atoms with Gasteiger partial charge in [0.1, 0.15) is 0 Å². The van der Waals surface area contributed by atoms with E-state index in [1.54, 1.807) is 0 Å². The molecule has 0 N–H and O–H groups in total. The molecular weight excluding hydrogens is 390 g/mol. The first-order chi connectivity index (χ1) is 14.5. The van der Waals surface area contributed by atoms with Gasteiger partial charge in [0.05, 0.1) is 21.6 Å². The Labute approximate surface area is 172 Å². The molecule has 0 unspecified atom stereocenters. The fraction of sp³-hybridized carbons (Fsp3) is 0.286. The summed E-state index contributed by atoms with van der Waals surface area (Å²) in [5.41, 5.74) is 1.10. The molecule has 0 aromatic heterocycles. The molecule has 30 heavy (non-hydrogen) atoms. The van der Waals surface area contributed by atoms with Crippen LogP contribution in [0.25, 0.3) is 0 Å². The highest BCUT2D eigenvalue weighted by molar-refractivity contribution is 5.87. The van der Waals surface area contributed by atoms with Crippen molar-refractivity contribution in [1.82, 2.24) is 0 Å². The number of hydrogen-bond acceptors (Lipinski definition) is 7. The second-order valence-electron chi connectivity index (χ2n) is 7.01. The number of oxime groups is 1. The predicted octanol–water partition coefficient (Wildman–Crippen LogP) is 5.33. The number of allylic oxidation sites excluding steroid dienone is 1. The molecule has 0 amide bonds. The first-order valence-electron chi connectivity index (χ1n) is 9.48. The van der Waals surface area contributed by atoms with Crippen molar-refractivity contribution in [2.75, 3.05) is 0 Å². The van der Waals surface area contributed by atoms with Crippen LogP contribution in [0.4, 0.5) is 11.4 Å². The van der Waals surface area contributed by atoms with Crippen molar-refractivity contribution in [3.05, 3.63) is 87.0 Å². The van der Waals surface area contributed by atoms with Gasteiger partial charge in [0.25, 0.3) is 11.4 Å². The van der Waals surface area contributed by atoms with E-state index >= 15 is 0 Å². The van der Waals surface area contributed by atoms with E-state index in [-0.39, 0.29) is 11.7 Å². The second kappa shape index (κ2) is 9.64. The van der Waals surface area contributed by atoms with Crippen LogP contribution in [-0.2, 0) is 4.99 Å². The Balaban J connectivity index is 1.70. The van der Waals surface area contributed by atoms with Gasteiger partial charge in [-0.15, -0.1) is 6.58 Å². The second-order valence-corrected chi connectivity index (χ2v) is 7.01. The average molecular weight is 411 g/mol. The maximum atomic E-state index is 11.2. The van der Waals surface area contributed by atoms with Crippen molar-refractivity contribution >= 4 is 17.1 Å². The summed E-state index contributed by atoms with van der Waals surface area (Å²) in [5, 5.41) is 26.0. The van der Waals surface area contributed by atoms with Crippen molar-refractivity contribution < 1.29 is 19.7 Å². The lowest BCUT2D eigenvalue weighted by atomic mass is 9.75. The lowest BCUT2D eigenvalue weighted by Crippen LogP contribution is -2.24. The van der Waals surface area contributed by atoms with Crippen LogP contribution in [0.15, 0.2) is 66.3 Å². The Morgan fingerprint density at radius 3 is 2.57 bits per heavy atom. The molecule has 2 aromatic carbocycles. The molecule has 0 bridgehead atoms. The topological polar surface area (TPSA) is 117 Å². The van der Waals surface area contributed by atoms with Crippen LogP contribution >= 0.6 is 0 Å². The van der Waals surface area contributed by atoms with Gasteiger partial charge in [-0.1, -0.05) is 36.4 Å². The molecule has 1 fully saturated rings. The normalized spacial score (nSPS) is 19.8. The Morgan fingerprint density at radius 1 is 1.13 bits per heavy atom. The highest BCUT2D eigenvalue weighted by Gasteiger charge is 2.28. The zero-order chi connectivity index (χ0) is 21.5. The Kier molecular flexibility index (Phi) is 6.74. The molecule has 156 valence electrons. The minimum absolute atomic E-state index is 0.122. The maximum absolute atomic E-state index is 11.2. The lowest BCUT2D eigenvalue weighted by Gasteiger charge is -2.29. The first-order valence-corrected chi connectivity index (χ1v) is 9.48. The molecule has 2 aromatic rings. The molecule has 1 aliphatic carbocycles. The highest BCUT2D eigenvalue weighted by atomic mass is 17.3. The summed E-state index contributed by atoms with van der Waals surface area (Å²) >= 11 is 0. The molecule has 0 radical (unpaired) electrons. The van der Waals surface area contributed by atoms with Gasteiger partial charge in [0, 0.05) is 12.0 Å². The Hall–Kier alpha value is -3.75. The van der Waals surface area contributed by atoms with Crippen molar-refractivity contribution in [2.45, 2.75) is 31.6 Å². The van der Waals surface area contributed by atoms with Crippen molar-refractivity contribution in [2.24, 2.45) is 11.1 Å². The van der Waals surface area contributed by atoms with Gasteiger partial charge in [0.15, 0.2) is 0 Å². The predicted molar refractivity (Wildman–Crippen MR) is 110 cm³/mol. The average Bonchev–Trinajstić information content (AvgIpc) is 2.75. The third-order valence-electron chi connectivity index (χ3n) is 5.14. The van der Waals surface area contributed by atoms with Crippen molar-refractivity contribution in [1.29, 1.82) is 0 Å². The van der Waals surface area contributed by atoms with E-state index in [4.69, 9.17) is 9.88 Å². The molecular formula is C21H21N3O6. The summed E-state index contributed by atoms with van der Waals surface area (Å²) in [6.07, 6.45) is 5.04. The van der Waals surface area contributed by atoms with Crippen LogP contribution in [0.3, 0.4) is 0 Å². The molecule has 9 nitrogen and oxygen atoms in total. The zero-order valence-corrected chi connectivity index (χ0v) is 16.2. The number of benzene rings is 2. The zero-order valence-electron chi connectivity index (χ0n) is 16.2. The van der Waals surface area contributed by atoms with Crippen LogP contribution in [-0.4, -0.2) is 15.6 Å². The largest absolute Gasteiger partial charge is 0.323 e. The molecule has 3 rings (SSSR count). The maximum Gasteiger partial charge on any atom is 0.323 e. The summed E-state index contributed by atoms with van der Waals surface area (Å²) in [6, 6.07) is 13.3. The van der Waals surface area contributed by atoms with Gasteiger partial charge in [-0.25, -0.2) is 0 Å². The molecule has 0 saturated heterocycles. The van der Waals surface area contributed by atoms with Gasteiger partial charge >= 0.3 is 5.69 Å². The van der Waals surface area contributed by atoms with Crippen LogP contribution in [0, 0.1) is 26.1 Å². The molecule has 0 aliphatic heterocycles. The third kappa shape index (κ3) is 4.99. The van der Waals surface area contributed by atoms with E-state index in [0.29, 0.717) is 12.3 Å². The van der Waals surface area contributed by atoms with Gasteiger partial charge in [-0.3, -0.25) is 25.1 Å². The van der Waals surface area contributed by atoms with Crippen LogP contribution in [0.2, 0.25) is 0 Å². The van der Waals surface area contributed by atoms with Gasteiger partial charge < -0.3 is 0 Å². The summed E-state index contributed by atoms with van der Waals surface area (Å²) in [7, 11) is 0. The van der Waals surface area contributed by atoms with Crippen LogP contribution in [0.5, 0.6) is 5.75 Å². The molecule has 2 atom stereocenters. The van der Waals surface area contributed by atoms with Gasteiger partial charge in [-0.05, 0) is 48.4 Å². The van der Waals surface area contributed by atoms with E-state index in [2.05, 4.69) is 23.9 Å². The lowest BCUT2D eigenvalue weighted by molar-refractivity contribution is -0.396. The number of non-ortho nitro benzene ring substituents is 1. The fourth-order valence-corrected chi connectivity index (χ4v) is 3.64. The quantitative estimate of drug-likeness (QED) is 0.251. The minimum atomic E-state index is -0.773. The van der Waals surface area contributed by atoms with Gasteiger partial charge in [-0.2, -0.15) is 4.99 Å². The fourth-order valence-electron chi connectivity index (χ4n) is 3.64. The van der Waals surface area contributed by atoms with Crippen molar-refractivity contribution in [3.8, 4) is 5.75 Å². The summed E-state index contributed by atoms with van der Waals surface area (Å²) in [4.78, 5) is 30.4. The molecule has 1 aliphatic rings. The molecule has 0 spiro atoms. The summed E-state index contributed by atoms with van der Waals surface area (Å²) in [6.45, 7) is 3.81. The van der Waals surface area contributed by atoms with E-state index in [1.165, 1.54) is 5.56 Å². The summed E-state index contributed by atoms with van der Waals surface area (Å²) in [5.74, 6) is 0.275. The Morgan fingerprint density at radius 2 is 1.90 bits per heavy atom. The van der Waals surface area contributed by atoms with Crippen molar-refractivity contribution in [3.63, 3.8) is 0 Å². The van der Waals surface area contributed by atoms with Crippen LogP contribution < -0.4 is 4.89 Å². The Bertz CT molecular complexity index is 960. The summed E-state index contributed by atoms with van der Waals surface area (Å²) < 4.78 is 0. The molecule has 9 heteroatoms. The highest BCUT2D eigenvalue weighted by Crippen LogP contribution is 2.37. The van der Waals surface area contributed by atoms with E-state index in [1.807, 2.05) is 24.3 Å². The van der Waals surface area contributed by atoms with E-state index < -0.39 is 21.2 Å². The molecule has 0 heterocycles. The van der Waals surface area contributed by atoms with E-state index in [9.17, 15) is 20.2 Å². The van der Waals surface area contributed by atoms with Gasteiger partial charge in [0.2, 0.25) is 0 Å².